The second-order valence-corrected chi connectivity index (χ2v) is 8.43. The first-order chi connectivity index (χ1) is 14.7. The van der Waals surface area contributed by atoms with Crippen LogP contribution in [0, 0.1) is 6.92 Å². The van der Waals surface area contributed by atoms with Crippen LogP contribution < -0.4 is 10.2 Å². The molecule has 0 aromatic heterocycles. The third-order valence-corrected chi connectivity index (χ3v) is 6.41. The number of benzene rings is 3. The van der Waals surface area contributed by atoms with Crippen LogP contribution in [0.15, 0.2) is 82.6 Å². The normalized spacial score (nSPS) is 13.8. The van der Waals surface area contributed by atoms with Crippen molar-refractivity contribution in [2.45, 2.75) is 23.3 Å². The van der Waals surface area contributed by atoms with Gasteiger partial charge in [0.05, 0.1) is 11.3 Å². The zero-order chi connectivity index (χ0) is 20.8. The number of nitrogens with one attached hydrogen (secondary N) is 1. The van der Waals surface area contributed by atoms with Gasteiger partial charge >= 0.3 is 5.97 Å². The van der Waals surface area contributed by atoms with E-state index in [0.29, 0.717) is 5.56 Å². The molecule has 4 nitrogen and oxygen atoms in total. The van der Waals surface area contributed by atoms with Crippen LogP contribution in [0.2, 0.25) is 0 Å². The number of ether oxygens (including phenoxy) is 1. The van der Waals surface area contributed by atoms with Gasteiger partial charge in [-0.05, 0) is 48.4 Å². The van der Waals surface area contributed by atoms with Crippen molar-refractivity contribution in [3.8, 4) is 0 Å². The highest BCUT2D eigenvalue weighted by Gasteiger charge is 2.16. The van der Waals surface area contributed by atoms with Crippen molar-refractivity contribution in [1.82, 2.24) is 5.32 Å². The lowest BCUT2D eigenvalue weighted by Gasteiger charge is -2.31. The Hall–Kier alpha value is -2.76. The van der Waals surface area contributed by atoms with Crippen molar-refractivity contribution in [2.24, 2.45) is 0 Å². The Morgan fingerprint density at radius 3 is 2.47 bits per heavy atom. The van der Waals surface area contributed by atoms with Gasteiger partial charge < -0.3 is 15.0 Å². The van der Waals surface area contributed by atoms with Gasteiger partial charge in [-0.15, -0.1) is 0 Å². The van der Waals surface area contributed by atoms with Crippen LogP contribution in [0.3, 0.4) is 0 Å². The van der Waals surface area contributed by atoms with Gasteiger partial charge in [0.2, 0.25) is 0 Å². The number of hydrogen-bond donors (Lipinski definition) is 1. The number of nitrogens with zero attached hydrogens (tertiary/aromatic N) is 1. The number of esters is 1. The molecule has 1 heterocycles. The highest BCUT2D eigenvalue weighted by atomic mass is 32.2. The molecule has 4 rings (SSSR count). The van der Waals surface area contributed by atoms with Crippen LogP contribution in [0.4, 0.5) is 5.69 Å². The van der Waals surface area contributed by atoms with Crippen LogP contribution >= 0.6 is 11.8 Å². The Kier molecular flexibility index (Phi) is 6.72. The SMILES string of the molecule is Cc1cc(C(=O)OCc2ccccc2)ccc1Sc1ccccc1N1CCNCC1. The molecule has 0 radical (unpaired) electrons. The molecule has 3 aromatic carbocycles. The molecule has 1 N–H and O–H groups in total. The highest BCUT2D eigenvalue weighted by Crippen LogP contribution is 2.37. The van der Waals surface area contributed by atoms with Gasteiger partial charge in [-0.3, -0.25) is 0 Å². The molecule has 0 saturated carbocycles. The topological polar surface area (TPSA) is 41.6 Å². The van der Waals surface area contributed by atoms with Crippen molar-refractivity contribution >= 4 is 23.4 Å². The molecule has 0 atom stereocenters. The van der Waals surface area contributed by atoms with E-state index in [1.54, 1.807) is 11.8 Å². The van der Waals surface area contributed by atoms with Gasteiger partial charge in [-0.2, -0.15) is 0 Å². The molecule has 0 bridgehead atoms. The summed E-state index contributed by atoms with van der Waals surface area (Å²) in [5.74, 6) is -0.292. The van der Waals surface area contributed by atoms with Crippen LogP contribution in [0.5, 0.6) is 0 Å². The Morgan fingerprint density at radius 1 is 0.967 bits per heavy atom. The molecular formula is C25H26N2O2S. The fourth-order valence-corrected chi connectivity index (χ4v) is 4.57. The maximum atomic E-state index is 12.5. The predicted molar refractivity (Wildman–Crippen MR) is 122 cm³/mol. The van der Waals surface area contributed by atoms with E-state index in [0.717, 1.165) is 42.2 Å². The second kappa shape index (κ2) is 9.83. The molecule has 0 aliphatic carbocycles. The summed E-state index contributed by atoms with van der Waals surface area (Å²) < 4.78 is 5.47. The highest BCUT2D eigenvalue weighted by molar-refractivity contribution is 7.99. The predicted octanol–water partition coefficient (Wildman–Crippen LogP) is 4.91. The Morgan fingerprint density at radius 2 is 1.70 bits per heavy atom. The summed E-state index contributed by atoms with van der Waals surface area (Å²) in [6.45, 7) is 6.39. The van der Waals surface area contributed by atoms with E-state index in [9.17, 15) is 4.79 Å². The van der Waals surface area contributed by atoms with E-state index in [-0.39, 0.29) is 12.6 Å². The third-order valence-electron chi connectivity index (χ3n) is 5.17. The first-order valence-electron chi connectivity index (χ1n) is 10.2. The molecule has 3 aromatic rings. The van der Waals surface area contributed by atoms with E-state index in [4.69, 9.17) is 4.74 Å². The standard InChI is InChI=1S/C25H26N2O2S/c1-19-17-21(25(28)29-18-20-7-3-2-4-8-20)11-12-23(19)30-24-10-6-5-9-22(24)27-15-13-26-14-16-27/h2-12,17,26H,13-16,18H2,1H3. The number of piperazine rings is 1. The Bertz CT molecular complexity index is 1000. The van der Waals surface area contributed by atoms with Crippen LogP contribution in [-0.4, -0.2) is 32.1 Å². The molecule has 0 unspecified atom stereocenters. The fourth-order valence-electron chi connectivity index (χ4n) is 3.53. The van der Waals surface area contributed by atoms with Crippen molar-refractivity contribution in [2.75, 3.05) is 31.1 Å². The summed E-state index contributed by atoms with van der Waals surface area (Å²) in [7, 11) is 0. The molecule has 30 heavy (non-hydrogen) atoms. The number of hydrogen-bond acceptors (Lipinski definition) is 5. The largest absolute Gasteiger partial charge is 0.457 e. The number of rotatable bonds is 6. The van der Waals surface area contributed by atoms with Gasteiger partial charge in [-0.25, -0.2) is 4.79 Å². The van der Waals surface area contributed by atoms with E-state index >= 15 is 0 Å². The maximum absolute atomic E-state index is 12.5. The van der Waals surface area contributed by atoms with E-state index in [2.05, 4.69) is 34.5 Å². The summed E-state index contributed by atoms with van der Waals surface area (Å²) in [5.41, 5.74) is 3.92. The van der Waals surface area contributed by atoms with Crippen molar-refractivity contribution < 1.29 is 9.53 Å². The Labute approximate surface area is 182 Å². The molecule has 1 fully saturated rings. The quantitative estimate of drug-likeness (QED) is 0.576. The number of anilines is 1. The van der Waals surface area contributed by atoms with Gasteiger partial charge in [0.25, 0.3) is 0 Å². The molecule has 1 aliphatic heterocycles. The maximum Gasteiger partial charge on any atom is 0.338 e. The molecule has 0 amide bonds. The lowest BCUT2D eigenvalue weighted by molar-refractivity contribution is 0.0472. The van der Waals surface area contributed by atoms with Crippen molar-refractivity contribution in [1.29, 1.82) is 0 Å². The summed E-state index contributed by atoms with van der Waals surface area (Å²) in [5, 5.41) is 3.41. The smallest absolute Gasteiger partial charge is 0.338 e. The van der Waals surface area contributed by atoms with Crippen LogP contribution in [-0.2, 0) is 11.3 Å². The summed E-state index contributed by atoms with van der Waals surface area (Å²) in [6, 6.07) is 24.1. The summed E-state index contributed by atoms with van der Waals surface area (Å²) in [4.78, 5) is 17.3. The second-order valence-electron chi connectivity index (χ2n) is 7.35. The van der Waals surface area contributed by atoms with Crippen molar-refractivity contribution in [3.05, 3.63) is 89.5 Å². The fraction of sp³-hybridized carbons (Fsp3) is 0.240. The third kappa shape index (κ3) is 5.04. The lowest BCUT2D eigenvalue weighted by Crippen LogP contribution is -2.43. The van der Waals surface area contributed by atoms with E-state index in [1.807, 2.05) is 55.5 Å². The minimum Gasteiger partial charge on any atom is -0.457 e. The minimum atomic E-state index is -0.292. The number of aryl methyl sites for hydroxylation is 1. The molecule has 154 valence electrons. The number of para-hydroxylation sites is 1. The van der Waals surface area contributed by atoms with Crippen molar-refractivity contribution in [3.63, 3.8) is 0 Å². The van der Waals surface area contributed by atoms with E-state index < -0.39 is 0 Å². The monoisotopic (exact) mass is 418 g/mol. The van der Waals surface area contributed by atoms with Crippen LogP contribution in [0.25, 0.3) is 0 Å². The van der Waals surface area contributed by atoms with Crippen LogP contribution in [0.1, 0.15) is 21.5 Å². The molecule has 1 saturated heterocycles. The minimum absolute atomic E-state index is 0.285. The van der Waals surface area contributed by atoms with Gasteiger partial charge in [0, 0.05) is 36.0 Å². The number of carbonyl (C=O) groups excluding carboxylic acids is 1. The molecule has 5 heteroatoms. The first-order valence-corrected chi connectivity index (χ1v) is 11.1. The lowest BCUT2D eigenvalue weighted by atomic mass is 10.1. The van der Waals surface area contributed by atoms with E-state index in [1.165, 1.54) is 10.6 Å². The van der Waals surface area contributed by atoms with Gasteiger partial charge in [0.1, 0.15) is 6.61 Å². The Balaban J connectivity index is 1.46. The number of carbonyl (C=O) groups is 1. The zero-order valence-electron chi connectivity index (χ0n) is 17.1. The average Bonchev–Trinajstić information content (AvgIpc) is 2.80. The zero-order valence-corrected chi connectivity index (χ0v) is 18.0. The average molecular weight is 419 g/mol. The van der Waals surface area contributed by atoms with Gasteiger partial charge in [0.15, 0.2) is 0 Å². The summed E-state index contributed by atoms with van der Waals surface area (Å²) >= 11 is 1.75. The molecule has 0 spiro atoms. The summed E-state index contributed by atoms with van der Waals surface area (Å²) in [6.07, 6.45) is 0. The molecular weight excluding hydrogens is 392 g/mol. The first kappa shape index (κ1) is 20.5. The molecule has 1 aliphatic rings. The van der Waals surface area contributed by atoms with Gasteiger partial charge in [-0.1, -0.05) is 54.2 Å².